The van der Waals surface area contributed by atoms with E-state index in [-0.39, 0.29) is 43.2 Å². The van der Waals surface area contributed by atoms with Gasteiger partial charge in [0.25, 0.3) is 0 Å². The average molecular weight is 677 g/mol. The van der Waals surface area contributed by atoms with Crippen molar-refractivity contribution in [1.82, 2.24) is 25.8 Å². The van der Waals surface area contributed by atoms with E-state index in [9.17, 15) is 28.8 Å². The molecule has 0 radical (unpaired) electrons. The number of rotatable bonds is 14. The van der Waals surface area contributed by atoms with Crippen LogP contribution >= 0.6 is 0 Å². The van der Waals surface area contributed by atoms with Crippen molar-refractivity contribution >= 4 is 35.6 Å². The molecule has 2 aliphatic heterocycles. The molecule has 3 unspecified atom stereocenters. The van der Waals surface area contributed by atoms with Crippen LogP contribution in [0.4, 0.5) is 4.79 Å². The van der Waals surface area contributed by atoms with Crippen LogP contribution in [0.2, 0.25) is 0 Å². The van der Waals surface area contributed by atoms with Crippen LogP contribution in [-0.2, 0) is 41.7 Å². The summed E-state index contributed by atoms with van der Waals surface area (Å²) < 4.78 is 5.40. The van der Waals surface area contributed by atoms with Gasteiger partial charge in [0, 0.05) is 32.0 Å². The molecule has 13 nitrogen and oxygen atoms in total. The van der Waals surface area contributed by atoms with Crippen LogP contribution < -0.4 is 21.7 Å². The molecular weight excluding hydrogens is 628 g/mol. The van der Waals surface area contributed by atoms with Gasteiger partial charge in [-0.25, -0.2) is 4.79 Å². The minimum atomic E-state index is -0.869. The Labute approximate surface area is 287 Å². The van der Waals surface area contributed by atoms with Crippen LogP contribution in [0.15, 0.2) is 60.7 Å². The van der Waals surface area contributed by atoms with Crippen LogP contribution in [0.3, 0.4) is 0 Å². The highest BCUT2D eigenvalue weighted by Crippen LogP contribution is 2.26. The highest BCUT2D eigenvalue weighted by molar-refractivity contribution is 5.94. The molecule has 2 aromatic rings. The molecule has 49 heavy (non-hydrogen) atoms. The van der Waals surface area contributed by atoms with E-state index in [1.54, 1.807) is 9.80 Å². The fourth-order valence-corrected chi connectivity index (χ4v) is 6.33. The van der Waals surface area contributed by atoms with Crippen LogP contribution in [-0.4, -0.2) is 89.7 Å². The van der Waals surface area contributed by atoms with E-state index in [1.807, 2.05) is 74.5 Å². The van der Waals surface area contributed by atoms with Crippen molar-refractivity contribution in [2.45, 2.75) is 77.1 Å². The predicted molar refractivity (Wildman–Crippen MR) is 181 cm³/mol. The minimum Gasteiger partial charge on any atom is -0.445 e. The molecule has 6 amide bonds. The molecule has 2 heterocycles. The lowest BCUT2D eigenvalue weighted by atomic mass is 9.94. The third-order valence-electron chi connectivity index (χ3n) is 8.86. The van der Waals surface area contributed by atoms with Crippen LogP contribution in [0.25, 0.3) is 0 Å². The maximum Gasteiger partial charge on any atom is 0.408 e. The van der Waals surface area contributed by atoms with Gasteiger partial charge in [-0.15, -0.1) is 0 Å². The van der Waals surface area contributed by atoms with Crippen molar-refractivity contribution in [3.63, 3.8) is 0 Å². The monoisotopic (exact) mass is 676 g/mol. The first-order valence-corrected chi connectivity index (χ1v) is 17.0. The Morgan fingerprint density at radius 1 is 0.837 bits per heavy atom. The van der Waals surface area contributed by atoms with Gasteiger partial charge in [0.2, 0.25) is 29.5 Å². The van der Waals surface area contributed by atoms with Crippen LogP contribution in [0, 0.1) is 11.8 Å². The van der Waals surface area contributed by atoms with Crippen molar-refractivity contribution < 1.29 is 33.5 Å². The minimum absolute atomic E-state index is 0.0722. The van der Waals surface area contributed by atoms with Crippen LogP contribution in [0.5, 0.6) is 0 Å². The fraction of sp³-hybridized carbons (Fsp3) is 0.500. The molecule has 0 bridgehead atoms. The first kappa shape index (κ1) is 36.9. The smallest absolute Gasteiger partial charge is 0.408 e. The first-order valence-electron chi connectivity index (χ1n) is 17.0. The summed E-state index contributed by atoms with van der Waals surface area (Å²) in [6, 6.07) is 16.2. The van der Waals surface area contributed by atoms with E-state index in [1.165, 1.54) is 0 Å². The Morgan fingerprint density at radius 2 is 1.47 bits per heavy atom. The molecule has 264 valence electrons. The number of nitrogens with one attached hydrogen (secondary N) is 3. The third-order valence-corrected chi connectivity index (χ3v) is 8.86. The number of ether oxygens (including phenoxy) is 1. The summed E-state index contributed by atoms with van der Waals surface area (Å²) in [5.74, 6) is -2.29. The van der Waals surface area contributed by atoms with E-state index in [0.717, 1.165) is 11.1 Å². The van der Waals surface area contributed by atoms with E-state index in [4.69, 9.17) is 10.5 Å². The Balaban J connectivity index is 1.34. The quantitative estimate of drug-likeness (QED) is 0.236. The summed E-state index contributed by atoms with van der Waals surface area (Å²) in [6.07, 6.45) is 1.89. The normalized spacial score (nSPS) is 17.6. The van der Waals surface area contributed by atoms with Crippen molar-refractivity contribution in [2.75, 3.05) is 26.2 Å². The van der Waals surface area contributed by atoms with E-state index < -0.39 is 41.9 Å². The summed E-state index contributed by atoms with van der Waals surface area (Å²) in [7, 11) is 0. The topological polar surface area (TPSA) is 180 Å². The van der Waals surface area contributed by atoms with E-state index in [2.05, 4.69) is 16.0 Å². The van der Waals surface area contributed by atoms with Gasteiger partial charge in [-0.1, -0.05) is 74.5 Å². The number of likely N-dealkylation sites (tertiary alicyclic amines) is 2. The van der Waals surface area contributed by atoms with Crippen molar-refractivity contribution in [3.05, 3.63) is 71.8 Å². The van der Waals surface area contributed by atoms with E-state index >= 15 is 0 Å². The lowest BCUT2D eigenvalue weighted by molar-refractivity contribution is -0.145. The largest absolute Gasteiger partial charge is 0.445 e. The van der Waals surface area contributed by atoms with Gasteiger partial charge in [0.05, 0.1) is 6.54 Å². The Bertz CT molecular complexity index is 1450. The number of piperidine rings is 1. The second kappa shape index (κ2) is 18.0. The standard InChI is InChI=1S/C36H48N6O7/c1-24(2)20-28(32(44)38-22-31(37)43)39-33(45)30-14-9-17-42(30)34(46)27-15-18-41(19-16-27)35(47)29(21-25-10-5-3-6-11-25)40-36(48)49-23-26-12-7-4-8-13-26/h3-8,10-13,24,27-30H,9,14-23H2,1-2H3,(H2,37,43)(H,38,44)(H,39,45)(H,40,48). The van der Waals surface area contributed by atoms with Gasteiger partial charge in [0.1, 0.15) is 24.7 Å². The molecule has 2 saturated heterocycles. The molecular formula is C36H48N6O7. The number of alkyl carbamates (subject to hydrolysis) is 1. The number of nitrogens with two attached hydrogens (primary N) is 1. The molecule has 0 aliphatic carbocycles. The Hall–Kier alpha value is -4.94. The number of carbonyl (C=O) groups excluding carboxylic acids is 6. The Kier molecular flexibility index (Phi) is 13.5. The lowest BCUT2D eigenvalue weighted by Crippen LogP contribution is -2.55. The third kappa shape index (κ3) is 11.0. The Morgan fingerprint density at radius 3 is 2.08 bits per heavy atom. The average Bonchev–Trinajstić information content (AvgIpc) is 3.60. The van der Waals surface area contributed by atoms with Crippen molar-refractivity contribution in [2.24, 2.45) is 17.6 Å². The summed E-state index contributed by atoms with van der Waals surface area (Å²) in [4.78, 5) is 80.7. The summed E-state index contributed by atoms with van der Waals surface area (Å²) >= 11 is 0. The zero-order valence-electron chi connectivity index (χ0n) is 28.3. The zero-order chi connectivity index (χ0) is 35.3. The van der Waals surface area contributed by atoms with Crippen LogP contribution in [0.1, 0.15) is 57.1 Å². The highest BCUT2D eigenvalue weighted by Gasteiger charge is 2.40. The van der Waals surface area contributed by atoms with Gasteiger partial charge >= 0.3 is 6.09 Å². The number of primary amides is 1. The zero-order valence-corrected chi connectivity index (χ0v) is 28.3. The number of carbonyl (C=O) groups is 6. The predicted octanol–water partition coefficient (Wildman–Crippen LogP) is 1.89. The molecule has 2 aromatic carbocycles. The summed E-state index contributed by atoms with van der Waals surface area (Å²) in [5.41, 5.74) is 6.87. The highest BCUT2D eigenvalue weighted by atomic mass is 16.5. The maximum absolute atomic E-state index is 13.8. The molecule has 0 aromatic heterocycles. The second-order valence-corrected chi connectivity index (χ2v) is 13.1. The molecule has 0 spiro atoms. The number of hydrogen-bond donors (Lipinski definition) is 4. The molecule has 4 rings (SSSR count). The van der Waals surface area contributed by atoms with E-state index in [0.29, 0.717) is 51.7 Å². The molecule has 0 saturated carbocycles. The van der Waals surface area contributed by atoms with Gasteiger partial charge in [0.15, 0.2) is 0 Å². The summed E-state index contributed by atoms with van der Waals surface area (Å²) in [6.45, 7) is 4.64. The van der Waals surface area contributed by atoms with Crippen molar-refractivity contribution in [3.8, 4) is 0 Å². The van der Waals surface area contributed by atoms with Gasteiger partial charge in [-0.3, -0.25) is 24.0 Å². The molecule has 2 aliphatic rings. The maximum atomic E-state index is 13.8. The molecule has 2 fully saturated rings. The second-order valence-electron chi connectivity index (χ2n) is 13.1. The van der Waals surface area contributed by atoms with Gasteiger partial charge in [-0.05, 0) is 49.1 Å². The number of nitrogens with zero attached hydrogens (tertiary/aromatic N) is 2. The first-order chi connectivity index (χ1) is 23.5. The SMILES string of the molecule is CC(C)CC(NC(=O)C1CCCN1C(=O)C1CCN(C(=O)C(Cc2ccccc2)NC(=O)OCc2ccccc2)CC1)C(=O)NCC(N)=O. The van der Waals surface area contributed by atoms with Gasteiger partial charge < -0.3 is 36.2 Å². The molecule has 3 atom stereocenters. The number of amides is 6. The number of benzene rings is 2. The summed E-state index contributed by atoms with van der Waals surface area (Å²) in [5, 5.41) is 8.01. The van der Waals surface area contributed by atoms with Crippen molar-refractivity contribution in [1.29, 1.82) is 0 Å². The number of hydrogen-bond acceptors (Lipinski definition) is 7. The van der Waals surface area contributed by atoms with Gasteiger partial charge in [-0.2, -0.15) is 0 Å². The fourth-order valence-electron chi connectivity index (χ4n) is 6.33. The molecule has 13 heteroatoms. The molecule has 5 N–H and O–H groups in total. The lowest BCUT2D eigenvalue weighted by Gasteiger charge is -2.36.